The van der Waals surface area contributed by atoms with E-state index >= 15 is 0 Å². The van der Waals surface area contributed by atoms with Crippen LogP contribution in [0.4, 0.5) is 11.4 Å². The van der Waals surface area contributed by atoms with E-state index in [1.807, 2.05) is 74.5 Å². The zero-order valence-electron chi connectivity index (χ0n) is 16.6. The molecule has 2 aromatic carbocycles. The lowest BCUT2D eigenvalue weighted by molar-refractivity contribution is -0.114. The topological polar surface area (TPSA) is 75.4 Å². The van der Waals surface area contributed by atoms with E-state index in [9.17, 15) is 9.59 Å². The zero-order chi connectivity index (χ0) is 20.8. The lowest BCUT2D eigenvalue weighted by atomic mass is 10.1. The summed E-state index contributed by atoms with van der Waals surface area (Å²) in [6.07, 6.45) is 0. The number of benzene rings is 2. The summed E-state index contributed by atoms with van der Waals surface area (Å²) in [6, 6.07) is 19.2. The molecule has 1 aliphatic heterocycles. The fourth-order valence-corrected chi connectivity index (χ4v) is 3.89. The van der Waals surface area contributed by atoms with Crippen LogP contribution in [0, 0.1) is 13.8 Å². The molecule has 148 valence electrons. The maximum atomic E-state index is 13.4. The van der Waals surface area contributed by atoms with Crippen LogP contribution >= 0.6 is 0 Å². The number of nitrogens with one attached hydrogen (secondary N) is 1. The highest BCUT2D eigenvalue weighted by Gasteiger charge is 2.34. The number of fused-ring (bicyclic) bond motifs is 3. The van der Waals surface area contributed by atoms with Crippen molar-refractivity contribution < 1.29 is 14.0 Å². The molecule has 0 saturated heterocycles. The Labute approximate surface area is 173 Å². The fourth-order valence-electron chi connectivity index (χ4n) is 3.89. The summed E-state index contributed by atoms with van der Waals surface area (Å²) in [5.41, 5.74) is 4.88. The van der Waals surface area contributed by atoms with Crippen molar-refractivity contribution in [2.45, 2.75) is 13.8 Å². The van der Waals surface area contributed by atoms with Gasteiger partial charge in [-0.3, -0.25) is 14.5 Å². The van der Waals surface area contributed by atoms with E-state index < -0.39 is 0 Å². The summed E-state index contributed by atoms with van der Waals surface area (Å²) in [7, 11) is 0. The predicted octanol–water partition coefficient (Wildman–Crippen LogP) is 4.71. The third-order valence-corrected chi connectivity index (χ3v) is 5.34. The Morgan fingerprint density at radius 1 is 0.967 bits per heavy atom. The van der Waals surface area contributed by atoms with Gasteiger partial charge in [0.2, 0.25) is 17.4 Å². The number of aryl methyl sites for hydroxylation is 2. The molecule has 0 aliphatic carbocycles. The number of furan rings is 1. The molecular formula is C24H19N3O3. The second kappa shape index (κ2) is 6.84. The molecule has 30 heavy (non-hydrogen) atoms. The van der Waals surface area contributed by atoms with Crippen molar-refractivity contribution in [2.75, 3.05) is 16.8 Å². The summed E-state index contributed by atoms with van der Waals surface area (Å²) in [6.45, 7) is 3.75. The summed E-state index contributed by atoms with van der Waals surface area (Å²) in [5.74, 6) is -0.546. The Morgan fingerprint density at radius 3 is 2.47 bits per heavy atom. The Kier molecular flexibility index (Phi) is 4.13. The quantitative estimate of drug-likeness (QED) is 0.531. The molecule has 5 rings (SSSR count). The second-order valence-corrected chi connectivity index (χ2v) is 7.40. The van der Waals surface area contributed by atoms with Crippen LogP contribution in [0.15, 0.2) is 65.1 Å². The molecule has 3 heterocycles. The van der Waals surface area contributed by atoms with Gasteiger partial charge < -0.3 is 9.73 Å². The number of amides is 2. The lowest BCUT2D eigenvalue weighted by Gasteiger charge is -2.20. The van der Waals surface area contributed by atoms with Crippen LogP contribution in [0.2, 0.25) is 0 Å². The minimum absolute atomic E-state index is 0.0794. The minimum atomic E-state index is -0.365. The first-order chi connectivity index (χ1) is 14.5. The molecule has 0 spiro atoms. The number of anilines is 2. The van der Waals surface area contributed by atoms with Crippen molar-refractivity contribution in [3.05, 3.63) is 77.6 Å². The van der Waals surface area contributed by atoms with Crippen molar-refractivity contribution in [2.24, 2.45) is 0 Å². The first kappa shape index (κ1) is 18.1. The summed E-state index contributed by atoms with van der Waals surface area (Å²) >= 11 is 0. The second-order valence-electron chi connectivity index (χ2n) is 7.40. The van der Waals surface area contributed by atoms with Gasteiger partial charge in [-0.2, -0.15) is 0 Å². The van der Waals surface area contributed by atoms with Crippen LogP contribution in [0.3, 0.4) is 0 Å². The maximum Gasteiger partial charge on any atom is 0.296 e. The number of hydrogen-bond acceptors (Lipinski definition) is 4. The Bertz CT molecular complexity index is 1310. The molecule has 1 aliphatic rings. The number of carbonyl (C=O) groups is 2. The highest BCUT2D eigenvalue weighted by atomic mass is 16.4. The monoisotopic (exact) mass is 397 g/mol. The summed E-state index contributed by atoms with van der Waals surface area (Å²) in [5, 5.41) is 3.51. The van der Waals surface area contributed by atoms with Crippen molar-refractivity contribution in [3.8, 4) is 11.3 Å². The van der Waals surface area contributed by atoms with Gasteiger partial charge in [0.25, 0.3) is 5.91 Å². The molecule has 0 atom stereocenters. The third-order valence-electron chi connectivity index (χ3n) is 5.34. The van der Waals surface area contributed by atoms with Crippen LogP contribution < -0.4 is 10.2 Å². The number of para-hydroxylation sites is 1. The van der Waals surface area contributed by atoms with Crippen molar-refractivity contribution in [1.29, 1.82) is 0 Å². The molecule has 6 nitrogen and oxygen atoms in total. The lowest BCUT2D eigenvalue weighted by Crippen LogP contribution is -2.35. The van der Waals surface area contributed by atoms with Crippen LogP contribution in [0.1, 0.15) is 21.7 Å². The number of hydrogen-bond donors (Lipinski definition) is 1. The molecular weight excluding hydrogens is 378 g/mol. The van der Waals surface area contributed by atoms with Gasteiger partial charge in [0.15, 0.2) is 0 Å². The smallest absolute Gasteiger partial charge is 0.296 e. The van der Waals surface area contributed by atoms with E-state index in [1.165, 1.54) is 4.90 Å². The molecule has 0 radical (unpaired) electrons. The molecule has 0 unspecified atom stereocenters. The number of rotatable bonds is 2. The Morgan fingerprint density at radius 2 is 1.70 bits per heavy atom. The van der Waals surface area contributed by atoms with Gasteiger partial charge in [-0.15, -0.1) is 0 Å². The van der Waals surface area contributed by atoms with Gasteiger partial charge in [0.05, 0.1) is 11.1 Å². The van der Waals surface area contributed by atoms with E-state index in [1.54, 1.807) is 0 Å². The SMILES string of the molecule is Cc1ccccc1N1CC(=O)Nc2c(oc3nc(-c4ccccc4)cc(C)c23)C1=O. The van der Waals surface area contributed by atoms with Crippen LogP contribution in [-0.4, -0.2) is 23.3 Å². The van der Waals surface area contributed by atoms with E-state index in [0.29, 0.717) is 22.5 Å². The highest BCUT2D eigenvalue weighted by molar-refractivity contribution is 6.20. The van der Waals surface area contributed by atoms with Gasteiger partial charge in [0.1, 0.15) is 12.2 Å². The Hall–Kier alpha value is -3.93. The fraction of sp³-hybridized carbons (Fsp3) is 0.125. The predicted molar refractivity (Wildman–Crippen MR) is 116 cm³/mol. The van der Waals surface area contributed by atoms with E-state index in [-0.39, 0.29) is 24.1 Å². The van der Waals surface area contributed by atoms with Crippen LogP contribution in [0.5, 0.6) is 0 Å². The first-order valence-corrected chi connectivity index (χ1v) is 9.70. The van der Waals surface area contributed by atoms with E-state index in [2.05, 4.69) is 10.3 Å². The standard InChI is InChI=1S/C24H19N3O3/c1-14-8-6-7-11-18(14)27-13-19(28)26-21-20-15(2)12-17(16-9-4-3-5-10-16)25-23(20)30-22(21)24(27)29/h3-12H,13H2,1-2H3,(H,26,28). The number of pyridine rings is 1. The van der Waals surface area contributed by atoms with Crippen molar-refractivity contribution in [3.63, 3.8) is 0 Å². The molecule has 6 heteroatoms. The molecule has 0 saturated carbocycles. The number of aromatic nitrogens is 1. The Balaban J connectivity index is 1.69. The van der Waals surface area contributed by atoms with Crippen molar-refractivity contribution in [1.82, 2.24) is 4.98 Å². The maximum absolute atomic E-state index is 13.4. The van der Waals surface area contributed by atoms with Gasteiger partial charge in [0, 0.05) is 11.3 Å². The molecule has 2 amide bonds. The van der Waals surface area contributed by atoms with Crippen LogP contribution in [0.25, 0.3) is 22.4 Å². The van der Waals surface area contributed by atoms with Crippen molar-refractivity contribution >= 4 is 34.3 Å². The highest BCUT2D eigenvalue weighted by Crippen LogP contribution is 2.37. The largest absolute Gasteiger partial charge is 0.430 e. The van der Waals surface area contributed by atoms with Gasteiger partial charge in [-0.1, -0.05) is 48.5 Å². The van der Waals surface area contributed by atoms with Crippen LogP contribution in [-0.2, 0) is 4.79 Å². The van der Waals surface area contributed by atoms with E-state index in [4.69, 9.17) is 4.42 Å². The average molecular weight is 397 g/mol. The summed E-state index contributed by atoms with van der Waals surface area (Å²) < 4.78 is 5.95. The van der Waals surface area contributed by atoms with E-state index in [0.717, 1.165) is 22.4 Å². The van der Waals surface area contributed by atoms with Gasteiger partial charge in [-0.05, 0) is 37.1 Å². The normalized spacial score (nSPS) is 13.9. The molecule has 0 fully saturated rings. The number of carbonyl (C=O) groups excluding carboxylic acids is 2. The molecule has 0 bridgehead atoms. The summed E-state index contributed by atoms with van der Waals surface area (Å²) in [4.78, 5) is 32.1. The molecule has 2 aromatic heterocycles. The minimum Gasteiger partial charge on any atom is -0.430 e. The van der Waals surface area contributed by atoms with Gasteiger partial charge in [-0.25, -0.2) is 4.98 Å². The first-order valence-electron chi connectivity index (χ1n) is 9.70. The van der Waals surface area contributed by atoms with Gasteiger partial charge >= 0.3 is 0 Å². The third kappa shape index (κ3) is 2.85. The average Bonchev–Trinajstić information content (AvgIpc) is 3.06. The molecule has 4 aromatic rings. The molecule has 1 N–H and O–H groups in total. The zero-order valence-corrected chi connectivity index (χ0v) is 16.6. The number of nitrogens with zero attached hydrogens (tertiary/aromatic N) is 2.